The SMILES string of the molecule is CCC(C)(CC)CC(NC=O)C(CC)(CC)C(CC)(CC)CC(N)C(C)(CC)CC. The molecule has 0 saturated heterocycles. The molecule has 0 aromatic carbocycles. The van der Waals surface area contributed by atoms with Gasteiger partial charge in [0.05, 0.1) is 0 Å². The van der Waals surface area contributed by atoms with E-state index in [0.717, 1.165) is 70.6 Å². The van der Waals surface area contributed by atoms with E-state index < -0.39 is 0 Å². The Hall–Kier alpha value is -0.570. The summed E-state index contributed by atoms with van der Waals surface area (Å²) < 4.78 is 0. The van der Waals surface area contributed by atoms with Crippen LogP contribution in [0, 0.1) is 21.7 Å². The molecule has 2 atom stereocenters. The predicted molar refractivity (Wildman–Crippen MR) is 134 cm³/mol. The van der Waals surface area contributed by atoms with Crippen LogP contribution in [0.3, 0.4) is 0 Å². The summed E-state index contributed by atoms with van der Waals surface area (Å²) in [5.41, 5.74) is 7.55. The zero-order chi connectivity index (χ0) is 23.6. The molecule has 0 aliphatic carbocycles. The Bertz CT molecular complexity index is 471. The van der Waals surface area contributed by atoms with Crippen molar-refractivity contribution in [3.05, 3.63) is 0 Å². The molecule has 0 rings (SSSR count). The summed E-state index contributed by atoms with van der Waals surface area (Å²) in [6.07, 6.45) is 11.9. The van der Waals surface area contributed by atoms with Crippen LogP contribution in [0.2, 0.25) is 0 Å². The summed E-state index contributed by atoms with van der Waals surface area (Å²) in [7, 11) is 0. The summed E-state index contributed by atoms with van der Waals surface area (Å²) in [4.78, 5) is 11.8. The number of carbonyl (C=O) groups is 1. The smallest absolute Gasteiger partial charge is 0.207 e. The Balaban J connectivity index is 6.50. The van der Waals surface area contributed by atoms with Crippen LogP contribution in [0.1, 0.15) is 133 Å². The lowest BCUT2D eigenvalue weighted by atomic mass is 9.50. The summed E-state index contributed by atoms with van der Waals surface area (Å²) in [6, 6.07) is 0.349. The van der Waals surface area contributed by atoms with E-state index in [1.807, 2.05) is 0 Å². The molecule has 1 amide bonds. The first-order chi connectivity index (χ1) is 14.0. The van der Waals surface area contributed by atoms with E-state index in [9.17, 15) is 4.79 Å². The topological polar surface area (TPSA) is 55.1 Å². The summed E-state index contributed by atoms with van der Waals surface area (Å²) in [5, 5.41) is 3.34. The molecule has 180 valence electrons. The molecule has 0 aromatic heterocycles. The standard InChI is InChI=1S/C27H56N2O/c1-11-24(9,12-2)20-23(29-21-30)27(17-7,18-8)26(15-5,16-6)19-22(28)25(10,13-3)14-4/h21-23H,11-20,28H2,1-10H3,(H,29,30). The van der Waals surface area contributed by atoms with Crippen LogP contribution in [-0.2, 0) is 4.79 Å². The Morgan fingerprint density at radius 2 is 1.20 bits per heavy atom. The first-order valence-electron chi connectivity index (χ1n) is 13.0. The highest BCUT2D eigenvalue weighted by atomic mass is 16.1. The van der Waals surface area contributed by atoms with Crippen molar-refractivity contribution in [2.24, 2.45) is 27.4 Å². The average Bonchev–Trinajstić information content (AvgIpc) is 2.78. The van der Waals surface area contributed by atoms with Crippen molar-refractivity contribution in [2.45, 2.75) is 146 Å². The van der Waals surface area contributed by atoms with Gasteiger partial charge >= 0.3 is 0 Å². The van der Waals surface area contributed by atoms with Gasteiger partial charge in [0.2, 0.25) is 6.41 Å². The maximum Gasteiger partial charge on any atom is 0.207 e. The number of amides is 1. The summed E-state index contributed by atoms with van der Waals surface area (Å²) in [5.74, 6) is 0. The highest BCUT2D eigenvalue weighted by Crippen LogP contribution is 2.57. The van der Waals surface area contributed by atoms with Gasteiger partial charge in [0, 0.05) is 12.1 Å². The molecule has 2 unspecified atom stereocenters. The number of rotatable bonds is 17. The molecule has 0 aliphatic heterocycles. The van der Waals surface area contributed by atoms with E-state index in [2.05, 4.69) is 74.6 Å². The molecule has 0 radical (unpaired) electrons. The second kappa shape index (κ2) is 12.5. The van der Waals surface area contributed by atoms with Crippen LogP contribution in [0.4, 0.5) is 0 Å². The lowest BCUT2D eigenvalue weighted by Gasteiger charge is -2.57. The summed E-state index contributed by atoms with van der Waals surface area (Å²) in [6.45, 7) is 23.3. The zero-order valence-electron chi connectivity index (χ0n) is 22.3. The van der Waals surface area contributed by atoms with Gasteiger partial charge in [-0.05, 0) is 73.0 Å². The van der Waals surface area contributed by atoms with Gasteiger partial charge in [-0.2, -0.15) is 0 Å². The molecule has 0 heterocycles. The van der Waals surface area contributed by atoms with Crippen LogP contribution in [0.15, 0.2) is 0 Å². The number of nitrogens with two attached hydrogens (primary N) is 1. The third-order valence-electron chi connectivity index (χ3n) is 10.1. The van der Waals surface area contributed by atoms with Gasteiger partial charge in [0.15, 0.2) is 0 Å². The zero-order valence-corrected chi connectivity index (χ0v) is 22.3. The van der Waals surface area contributed by atoms with Crippen molar-refractivity contribution >= 4 is 6.41 Å². The number of hydrogen-bond donors (Lipinski definition) is 2. The maximum atomic E-state index is 11.8. The Morgan fingerprint density at radius 3 is 1.50 bits per heavy atom. The summed E-state index contributed by atoms with van der Waals surface area (Å²) >= 11 is 0. The Labute approximate surface area is 189 Å². The van der Waals surface area contributed by atoms with Gasteiger partial charge in [-0.25, -0.2) is 0 Å². The van der Waals surface area contributed by atoms with Gasteiger partial charge in [0.25, 0.3) is 0 Å². The fourth-order valence-corrected chi connectivity index (χ4v) is 6.28. The van der Waals surface area contributed by atoms with Crippen LogP contribution >= 0.6 is 0 Å². The first kappa shape index (κ1) is 29.4. The van der Waals surface area contributed by atoms with E-state index >= 15 is 0 Å². The molecule has 0 aromatic rings. The molecule has 3 heteroatoms. The molecule has 0 fully saturated rings. The van der Waals surface area contributed by atoms with Gasteiger partial charge in [-0.3, -0.25) is 4.79 Å². The van der Waals surface area contributed by atoms with Gasteiger partial charge in [-0.1, -0.05) is 82.1 Å². The lowest BCUT2D eigenvalue weighted by molar-refractivity contribution is -0.114. The molecule has 30 heavy (non-hydrogen) atoms. The van der Waals surface area contributed by atoms with Crippen LogP contribution in [0.5, 0.6) is 0 Å². The largest absolute Gasteiger partial charge is 0.355 e. The fourth-order valence-electron chi connectivity index (χ4n) is 6.28. The number of hydrogen-bond acceptors (Lipinski definition) is 2. The highest BCUT2D eigenvalue weighted by Gasteiger charge is 2.53. The van der Waals surface area contributed by atoms with Crippen LogP contribution in [0.25, 0.3) is 0 Å². The molecule has 0 bridgehead atoms. The predicted octanol–water partition coefficient (Wildman–Crippen LogP) is 7.47. The van der Waals surface area contributed by atoms with E-state index in [1.54, 1.807) is 0 Å². The minimum Gasteiger partial charge on any atom is -0.355 e. The first-order valence-corrected chi connectivity index (χ1v) is 13.0. The third kappa shape index (κ3) is 5.81. The van der Waals surface area contributed by atoms with Crippen molar-refractivity contribution in [1.82, 2.24) is 5.32 Å². The van der Waals surface area contributed by atoms with Gasteiger partial charge in [-0.15, -0.1) is 0 Å². The highest BCUT2D eigenvalue weighted by molar-refractivity contribution is 5.47. The van der Waals surface area contributed by atoms with E-state index in [-0.39, 0.29) is 33.7 Å². The average molecular weight is 425 g/mol. The molecular weight excluding hydrogens is 368 g/mol. The van der Waals surface area contributed by atoms with Crippen molar-refractivity contribution in [1.29, 1.82) is 0 Å². The van der Waals surface area contributed by atoms with Crippen molar-refractivity contribution in [3.8, 4) is 0 Å². The maximum absolute atomic E-state index is 11.8. The normalized spacial score (nSPS) is 15.7. The van der Waals surface area contributed by atoms with Crippen molar-refractivity contribution in [3.63, 3.8) is 0 Å². The van der Waals surface area contributed by atoms with Gasteiger partial charge < -0.3 is 11.1 Å². The second-order valence-electron chi connectivity index (χ2n) is 10.6. The van der Waals surface area contributed by atoms with E-state index in [0.29, 0.717) is 0 Å². The van der Waals surface area contributed by atoms with Crippen molar-refractivity contribution in [2.75, 3.05) is 0 Å². The molecular formula is C27H56N2O. The second-order valence-corrected chi connectivity index (χ2v) is 10.6. The van der Waals surface area contributed by atoms with E-state index in [1.165, 1.54) is 0 Å². The van der Waals surface area contributed by atoms with Crippen molar-refractivity contribution < 1.29 is 4.79 Å². The Kier molecular flexibility index (Phi) is 12.2. The molecule has 0 saturated carbocycles. The fraction of sp³-hybridized carbons (Fsp3) is 0.963. The minimum absolute atomic E-state index is 0.0447. The molecule has 0 spiro atoms. The Morgan fingerprint density at radius 1 is 0.733 bits per heavy atom. The van der Waals surface area contributed by atoms with Crippen LogP contribution in [-0.4, -0.2) is 18.5 Å². The monoisotopic (exact) mass is 424 g/mol. The lowest BCUT2D eigenvalue weighted by Crippen LogP contribution is -2.58. The number of nitrogens with one attached hydrogen (secondary N) is 1. The molecule has 3 nitrogen and oxygen atoms in total. The third-order valence-corrected chi connectivity index (χ3v) is 10.1. The van der Waals surface area contributed by atoms with Gasteiger partial charge in [0.1, 0.15) is 0 Å². The molecule has 0 aliphatic rings. The van der Waals surface area contributed by atoms with E-state index in [4.69, 9.17) is 5.73 Å². The molecule has 3 N–H and O–H groups in total. The van der Waals surface area contributed by atoms with Crippen LogP contribution < -0.4 is 11.1 Å². The number of carbonyl (C=O) groups excluding carboxylic acids is 1. The quantitative estimate of drug-likeness (QED) is 0.238. The minimum atomic E-state index is 0.0447.